The quantitative estimate of drug-likeness (QED) is 0.759. The largest absolute Gasteiger partial charge is 0.479 e. The van der Waals surface area contributed by atoms with E-state index in [9.17, 15) is 4.79 Å². The molecule has 0 fully saturated rings. The third-order valence-electron chi connectivity index (χ3n) is 2.51. The lowest BCUT2D eigenvalue weighted by molar-refractivity contribution is 0.102. The molecule has 0 N–H and O–H groups in total. The first-order chi connectivity index (χ1) is 8.67. The molecule has 0 aliphatic rings. The van der Waals surface area contributed by atoms with Gasteiger partial charge in [0.1, 0.15) is 5.69 Å². The fourth-order valence-electron chi connectivity index (χ4n) is 1.72. The minimum Gasteiger partial charge on any atom is -0.479 e. The summed E-state index contributed by atoms with van der Waals surface area (Å²) in [6.45, 7) is 4.39. The van der Waals surface area contributed by atoms with Gasteiger partial charge >= 0.3 is 0 Å². The van der Waals surface area contributed by atoms with E-state index in [4.69, 9.17) is 4.74 Å². The predicted molar refractivity (Wildman–Crippen MR) is 64.7 cm³/mol. The van der Waals surface area contributed by atoms with Crippen molar-refractivity contribution in [1.82, 2.24) is 19.7 Å². The van der Waals surface area contributed by atoms with Crippen molar-refractivity contribution in [3.8, 4) is 5.88 Å². The number of nitrogens with zero attached hydrogens (tertiary/aromatic N) is 4. The third-order valence-corrected chi connectivity index (χ3v) is 2.51. The van der Waals surface area contributed by atoms with Crippen LogP contribution in [0.2, 0.25) is 0 Å². The number of ether oxygens (including phenoxy) is 1. The molecule has 94 valence electrons. The molecule has 2 heterocycles. The minimum absolute atomic E-state index is 0.203. The summed E-state index contributed by atoms with van der Waals surface area (Å²) in [7, 11) is 1.46. The molecule has 2 rings (SSSR count). The Labute approximate surface area is 105 Å². The summed E-state index contributed by atoms with van der Waals surface area (Å²) in [6.07, 6.45) is 2.95. The van der Waals surface area contributed by atoms with Gasteiger partial charge in [-0.3, -0.25) is 9.48 Å². The monoisotopic (exact) mass is 246 g/mol. The molecule has 0 saturated heterocycles. The second-order valence-corrected chi connectivity index (χ2v) is 3.73. The topological polar surface area (TPSA) is 69.9 Å². The Bertz CT molecular complexity index is 577. The van der Waals surface area contributed by atoms with Crippen LogP contribution in [0.1, 0.15) is 28.8 Å². The summed E-state index contributed by atoms with van der Waals surface area (Å²) in [6, 6.07) is 1.74. The molecule has 0 unspecified atom stereocenters. The zero-order valence-electron chi connectivity index (χ0n) is 10.5. The van der Waals surface area contributed by atoms with Crippen LogP contribution in [0.15, 0.2) is 18.5 Å². The third kappa shape index (κ3) is 2.09. The maximum Gasteiger partial charge on any atom is 0.243 e. The van der Waals surface area contributed by atoms with Crippen molar-refractivity contribution >= 4 is 5.78 Å². The number of hydrogen-bond donors (Lipinski definition) is 0. The first kappa shape index (κ1) is 12.2. The van der Waals surface area contributed by atoms with Crippen LogP contribution in [0, 0.1) is 6.92 Å². The zero-order chi connectivity index (χ0) is 13.1. The van der Waals surface area contributed by atoms with Crippen molar-refractivity contribution < 1.29 is 9.53 Å². The van der Waals surface area contributed by atoms with Crippen molar-refractivity contribution in [3.63, 3.8) is 0 Å². The Kier molecular flexibility index (Phi) is 3.36. The smallest absolute Gasteiger partial charge is 0.243 e. The SMILES string of the molecule is CCn1nc(C)cc1C(=O)c1nccnc1OC. The van der Waals surface area contributed by atoms with E-state index in [1.807, 2.05) is 13.8 Å². The lowest BCUT2D eigenvalue weighted by Gasteiger charge is -2.06. The molecule has 0 aliphatic carbocycles. The molecule has 0 spiro atoms. The summed E-state index contributed by atoms with van der Waals surface area (Å²) >= 11 is 0. The normalized spacial score (nSPS) is 10.4. The highest BCUT2D eigenvalue weighted by atomic mass is 16.5. The Hall–Kier alpha value is -2.24. The number of rotatable bonds is 4. The average Bonchev–Trinajstić information content (AvgIpc) is 2.79. The molecule has 2 aromatic rings. The molecule has 0 amide bonds. The van der Waals surface area contributed by atoms with Gasteiger partial charge in [-0.2, -0.15) is 5.10 Å². The molecule has 18 heavy (non-hydrogen) atoms. The predicted octanol–water partition coefficient (Wildman–Crippen LogP) is 1.24. The highest BCUT2D eigenvalue weighted by Crippen LogP contribution is 2.16. The van der Waals surface area contributed by atoms with Crippen LogP contribution in [0.4, 0.5) is 0 Å². The number of carbonyl (C=O) groups is 1. The number of methoxy groups -OCH3 is 1. The van der Waals surface area contributed by atoms with E-state index in [1.54, 1.807) is 10.7 Å². The molecule has 0 atom stereocenters. The van der Waals surface area contributed by atoms with Gasteiger partial charge in [0, 0.05) is 18.9 Å². The van der Waals surface area contributed by atoms with Gasteiger partial charge in [-0.1, -0.05) is 0 Å². The molecule has 0 aromatic carbocycles. The Morgan fingerprint density at radius 2 is 2.11 bits per heavy atom. The number of hydrogen-bond acceptors (Lipinski definition) is 5. The number of carbonyl (C=O) groups excluding carboxylic acids is 1. The van der Waals surface area contributed by atoms with Crippen LogP contribution >= 0.6 is 0 Å². The van der Waals surface area contributed by atoms with Gasteiger partial charge < -0.3 is 4.74 Å². The second kappa shape index (κ2) is 4.95. The van der Waals surface area contributed by atoms with Crippen molar-refractivity contribution in [2.75, 3.05) is 7.11 Å². The van der Waals surface area contributed by atoms with Crippen molar-refractivity contribution in [2.45, 2.75) is 20.4 Å². The highest BCUT2D eigenvalue weighted by Gasteiger charge is 2.21. The standard InChI is InChI=1S/C12H14N4O2/c1-4-16-9(7-8(2)15-16)11(17)10-12(18-3)14-6-5-13-10/h5-7H,4H2,1-3H3. The van der Waals surface area contributed by atoms with Crippen LogP contribution in [-0.4, -0.2) is 32.6 Å². The molecule has 0 bridgehead atoms. The van der Waals surface area contributed by atoms with E-state index >= 15 is 0 Å². The van der Waals surface area contributed by atoms with E-state index in [1.165, 1.54) is 19.5 Å². The zero-order valence-corrected chi connectivity index (χ0v) is 10.5. The second-order valence-electron chi connectivity index (χ2n) is 3.73. The fourth-order valence-corrected chi connectivity index (χ4v) is 1.72. The molecule has 0 radical (unpaired) electrons. The molecule has 0 aliphatic heterocycles. The minimum atomic E-state index is -0.234. The first-order valence-electron chi connectivity index (χ1n) is 5.61. The summed E-state index contributed by atoms with van der Waals surface area (Å²) in [4.78, 5) is 20.4. The maximum absolute atomic E-state index is 12.4. The van der Waals surface area contributed by atoms with Gasteiger partial charge in [0.25, 0.3) is 0 Å². The van der Waals surface area contributed by atoms with E-state index in [0.29, 0.717) is 12.2 Å². The maximum atomic E-state index is 12.4. The average molecular weight is 246 g/mol. The van der Waals surface area contributed by atoms with Gasteiger partial charge in [0.2, 0.25) is 11.7 Å². The van der Waals surface area contributed by atoms with Crippen LogP contribution < -0.4 is 4.74 Å². The summed E-state index contributed by atoms with van der Waals surface area (Å²) in [5.74, 6) is -0.00796. The molecular weight excluding hydrogens is 232 g/mol. The summed E-state index contributed by atoms with van der Waals surface area (Å²) in [5.41, 5.74) is 1.49. The van der Waals surface area contributed by atoms with E-state index in [0.717, 1.165) is 5.69 Å². The first-order valence-corrected chi connectivity index (χ1v) is 5.61. The van der Waals surface area contributed by atoms with Gasteiger partial charge in [0.05, 0.1) is 12.8 Å². The van der Waals surface area contributed by atoms with E-state index in [2.05, 4.69) is 15.1 Å². The molecule has 2 aromatic heterocycles. The van der Waals surface area contributed by atoms with Crippen molar-refractivity contribution in [3.05, 3.63) is 35.5 Å². The molecule has 0 saturated carbocycles. The lowest BCUT2D eigenvalue weighted by atomic mass is 10.2. The van der Waals surface area contributed by atoms with Gasteiger partial charge in [-0.05, 0) is 19.9 Å². The van der Waals surface area contributed by atoms with Crippen LogP contribution in [-0.2, 0) is 6.54 Å². The Morgan fingerprint density at radius 3 is 2.78 bits per heavy atom. The Balaban J connectivity index is 2.47. The molecule has 6 nitrogen and oxygen atoms in total. The number of aryl methyl sites for hydroxylation is 2. The van der Waals surface area contributed by atoms with Gasteiger partial charge in [0.15, 0.2) is 5.69 Å². The fraction of sp³-hybridized carbons (Fsp3) is 0.333. The van der Waals surface area contributed by atoms with Gasteiger partial charge in [-0.15, -0.1) is 0 Å². The molecular formula is C12H14N4O2. The summed E-state index contributed by atoms with van der Waals surface area (Å²) in [5, 5.41) is 4.24. The van der Waals surface area contributed by atoms with Crippen molar-refractivity contribution in [2.24, 2.45) is 0 Å². The van der Waals surface area contributed by atoms with E-state index in [-0.39, 0.29) is 17.4 Å². The summed E-state index contributed by atoms with van der Waals surface area (Å²) < 4.78 is 6.69. The number of ketones is 1. The van der Waals surface area contributed by atoms with E-state index < -0.39 is 0 Å². The van der Waals surface area contributed by atoms with Gasteiger partial charge in [-0.25, -0.2) is 9.97 Å². The Morgan fingerprint density at radius 1 is 1.39 bits per heavy atom. The number of aromatic nitrogens is 4. The van der Waals surface area contributed by atoms with Crippen molar-refractivity contribution in [1.29, 1.82) is 0 Å². The highest BCUT2D eigenvalue weighted by molar-refractivity contribution is 6.08. The molecule has 6 heteroatoms. The van der Waals surface area contributed by atoms with Crippen LogP contribution in [0.3, 0.4) is 0 Å². The van der Waals surface area contributed by atoms with Crippen LogP contribution in [0.5, 0.6) is 5.88 Å². The lowest BCUT2D eigenvalue weighted by Crippen LogP contribution is -2.13. The van der Waals surface area contributed by atoms with Crippen LogP contribution in [0.25, 0.3) is 0 Å².